The monoisotopic (exact) mass is 421 g/mol. The van der Waals surface area contributed by atoms with Gasteiger partial charge < -0.3 is 24.8 Å². The summed E-state index contributed by atoms with van der Waals surface area (Å²) in [5.74, 6) is 0. The van der Waals surface area contributed by atoms with E-state index in [1.165, 1.54) is 5.20 Å². The average Bonchev–Trinajstić information content (AvgIpc) is 2.84. The summed E-state index contributed by atoms with van der Waals surface area (Å²) in [4.78, 5) is 0. The van der Waals surface area contributed by atoms with Crippen LogP contribution in [0.2, 0.25) is 13.1 Å². The molecule has 1 radical (unpaired) electrons. The summed E-state index contributed by atoms with van der Waals surface area (Å²) in [5.41, 5.74) is 1.55. The largest absolute Gasteiger partial charge is 3.00 e. The molecule has 0 spiro atoms. The fraction of sp³-hybridized carbons (Fsp3) is 0.556. The topological polar surface area (TPSA) is 0 Å². The van der Waals surface area contributed by atoms with Crippen molar-refractivity contribution in [3.05, 3.63) is 47.2 Å². The van der Waals surface area contributed by atoms with E-state index in [-0.39, 0.29) is 55.6 Å². The maximum absolute atomic E-state index is 3.63. The molecular weight excluding hydrogens is 395 g/mol. The quantitative estimate of drug-likeness (QED) is 0.443. The van der Waals surface area contributed by atoms with Gasteiger partial charge in [0.2, 0.25) is 0 Å². The molecule has 0 aromatic rings. The van der Waals surface area contributed by atoms with Gasteiger partial charge in [-0.1, -0.05) is 57.7 Å². The Hall–Kier alpha value is 0.821. The first-order valence-corrected chi connectivity index (χ1v) is 11.3. The van der Waals surface area contributed by atoms with Crippen LogP contribution in [-0.4, -0.2) is 17.2 Å². The molecular formula is C18H27Cl2SSiTi. The van der Waals surface area contributed by atoms with Gasteiger partial charge in [0.15, 0.2) is 0 Å². The number of thioether (sulfide) groups is 1. The van der Waals surface area contributed by atoms with Gasteiger partial charge in [0.05, 0.1) is 8.07 Å². The average molecular weight is 422 g/mol. The van der Waals surface area contributed by atoms with Crippen molar-refractivity contribution in [2.45, 2.75) is 62.7 Å². The molecule has 2 rings (SSSR count). The summed E-state index contributed by atoms with van der Waals surface area (Å²) in [6, 6.07) is 0. The van der Waals surface area contributed by atoms with Crippen LogP contribution in [0.5, 0.6) is 0 Å². The van der Waals surface area contributed by atoms with Crippen LogP contribution in [0.25, 0.3) is 0 Å². The number of hydrogen-bond acceptors (Lipinski definition) is 1. The molecule has 0 aliphatic heterocycles. The molecule has 2 aliphatic rings. The SMILES string of the molecule is CC1=CC=CCC1(SC(C)(C)C)[Si](C)(C)C1=[C-]CC=C1.[Cl-].[Cl-].[Ti+3]. The zero-order valence-corrected chi connectivity index (χ0v) is 19.9. The third-order valence-electron chi connectivity index (χ3n) is 4.38. The summed E-state index contributed by atoms with van der Waals surface area (Å²) in [5, 5.41) is 1.51. The second-order valence-electron chi connectivity index (χ2n) is 7.35. The van der Waals surface area contributed by atoms with E-state index >= 15 is 0 Å². The van der Waals surface area contributed by atoms with Crippen molar-refractivity contribution in [3.63, 3.8) is 0 Å². The van der Waals surface area contributed by atoms with Crippen molar-refractivity contribution in [3.8, 4) is 0 Å². The Morgan fingerprint density at radius 1 is 1.17 bits per heavy atom. The Labute approximate surface area is 175 Å². The first kappa shape index (κ1) is 26.1. The molecule has 0 N–H and O–H groups in total. The Kier molecular flexibility index (Phi) is 10.8. The fourth-order valence-corrected chi connectivity index (χ4v) is 10.2. The van der Waals surface area contributed by atoms with Gasteiger partial charge in [-0.3, -0.25) is 6.08 Å². The van der Waals surface area contributed by atoms with E-state index in [4.69, 9.17) is 0 Å². The van der Waals surface area contributed by atoms with Crippen molar-refractivity contribution in [2.24, 2.45) is 0 Å². The Bertz CT molecular complexity index is 516. The third kappa shape index (κ3) is 5.40. The molecule has 0 aromatic heterocycles. The molecule has 0 heterocycles. The first-order chi connectivity index (χ1) is 9.19. The van der Waals surface area contributed by atoms with Gasteiger partial charge in [0, 0.05) is 9.12 Å². The van der Waals surface area contributed by atoms with Gasteiger partial charge in [-0.25, -0.2) is 11.3 Å². The summed E-state index contributed by atoms with van der Waals surface area (Å²) in [7, 11) is -1.63. The van der Waals surface area contributed by atoms with Crippen molar-refractivity contribution < 1.29 is 46.5 Å². The molecule has 0 amide bonds. The van der Waals surface area contributed by atoms with Crippen LogP contribution in [0.4, 0.5) is 0 Å². The second-order valence-corrected chi connectivity index (χ2v) is 14.5. The number of hydrogen-bond donors (Lipinski definition) is 0. The number of rotatable bonds is 3. The standard InChI is InChI=1S/C18H27SSi.2ClH.Ti/c1-15-11-9-10-14-18(15,19-17(2,3)4)20(5,6)16-12-7-8-13-16;;;/h7,9-12H,8,14H2,1-6H3;2*1H;/q-1;;;+3/p-2. The van der Waals surface area contributed by atoms with Gasteiger partial charge in [0.25, 0.3) is 0 Å². The predicted octanol–water partition coefficient (Wildman–Crippen LogP) is -0.355. The summed E-state index contributed by atoms with van der Waals surface area (Å²) >= 11 is 2.17. The van der Waals surface area contributed by atoms with Gasteiger partial charge >= 0.3 is 21.7 Å². The Morgan fingerprint density at radius 2 is 1.78 bits per heavy atom. The minimum atomic E-state index is -1.63. The second kappa shape index (κ2) is 9.50. The normalized spacial score (nSPS) is 23.2. The van der Waals surface area contributed by atoms with Crippen LogP contribution in [0, 0.1) is 6.08 Å². The van der Waals surface area contributed by atoms with Crippen LogP contribution in [-0.2, 0) is 21.7 Å². The maximum Gasteiger partial charge on any atom is 3.00 e. The molecule has 0 aromatic carbocycles. The Balaban J connectivity index is 0. The maximum atomic E-state index is 3.63. The van der Waals surface area contributed by atoms with E-state index in [2.05, 4.69) is 89.0 Å². The summed E-state index contributed by atoms with van der Waals surface area (Å²) in [6.45, 7) is 14.4. The van der Waals surface area contributed by atoms with E-state index < -0.39 is 8.07 Å². The molecule has 1 atom stereocenters. The van der Waals surface area contributed by atoms with Crippen molar-refractivity contribution in [2.75, 3.05) is 0 Å². The fourth-order valence-electron chi connectivity index (χ4n) is 3.31. The molecule has 2 aliphatic carbocycles. The molecule has 0 bridgehead atoms. The summed E-state index contributed by atoms with van der Waals surface area (Å²) < 4.78 is 0.532. The minimum absolute atomic E-state index is 0. The predicted molar refractivity (Wildman–Crippen MR) is 95.6 cm³/mol. The van der Waals surface area contributed by atoms with E-state index in [9.17, 15) is 0 Å². The molecule has 0 nitrogen and oxygen atoms in total. The van der Waals surface area contributed by atoms with Crippen LogP contribution >= 0.6 is 11.8 Å². The van der Waals surface area contributed by atoms with E-state index in [1.54, 1.807) is 5.57 Å². The number of halogens is 2. The van der Waals surface area contributed by atoms with Gasteiger partial charge in [0.1, 0.15) is 0 Å². The van der Waals surface area contributed by atoms with Crippen LogP contribution in [0.15, 0.2) is 41.1 Å². The van der Waals surface area contributed by atoms with Crippen molar-refractivity contribution in [1.29, 1.82) is 0 Å². The van der Waals surface area contributed by atoms with Gasteiger partial charge in [-0.15, -0.1) is 18.2 Å². The minimum Gasteiger partial charge on any atom is -1.00 e. The Morgan fingerprint density at radius 3 is 2.22 bits per heavy atom. The van der Waals surface area contributed by atoms with E-state index in [1.807, 2.05) is 0 Å². The molecule has 127 valence electrons. The molecule has 23 heavy (non-hydrogen) atoms. The molecule has 0 fully saturated rings. The molecule has 0 saturated heterocycles. The molecule has 1 unspecified atom stereocenters. The molecule has 5 heteroatoms. The van der Waals surface area contributed by atoms with Gasteiger partial charge in [-0.05, 0) is 13.3 Å². The molecule has 0 saturated carbocycles. The zero-order valence-electron chi connectivity index (χ0n) is 15.0. The van der Waals surface area contributed by atoms with Crippen LogP contribution < -0.4 is 24.8 Å². The van der Waals surface area contributed by atoms with Crippen molar-refractivity contribution in [1.82, 2.24) is 0 Å². The van der Waals surface area contributed by atoms with Gasteiger partial charge in [-0.2, -0.15) is 6.08 Å². The smallest absolute Gasteiger partial charge is 1.00 e. The van der Waals surface area contributed by atoms with E-state index in [0.717, 1.165) is 12.8 Å². The number of allylic oxidation sites excluding steroid dienone is 7. The van der Waals surface area contributed by atoms with E-state index in [0.29, 0.717) is 0 Å². The zero-order chi connectivity index (χ0) is 15.0. The first-order valence-electron chi connectivity index (χ1n) is 7.51. The third-order valence-corrected chi connectivity index (χ3v) is 12.0. The van der Waals surface area contributed by atoms with Crippen LogP contribution in [0.3, 0.4) is 0 Å². The van der Waals surface area contributed by atoms with Crippen molar-refractivity contribution >= 4 is 19.8 Å². The van der Waals surface area contributed by atoms with Crippen LogP contribution in [0.1, 0.15) is 40.5 Å². The summed E-state index contributed by atoms with van der Waals surface area (Å²) in [6.07, 6.45) is 17.3.